The highest BCUT2D eigenvalue weighted by Crippen LogP contribution is 2.21. The molecule has 0 unspecified atom stereocenters. The van der Waals surface area contributed by atoms with Crippen molar-refractivity contribution in [3.05, 3.63) is 5.82 Å². The number of nitrogens with one attached hydrogen (secondary N) is 1. The first-order chi connectivity index (χ1) is 8.97. The van der Waals surface area contributed by atoms with Crippen LogP contribution in [0.3, 0.4) is 0 Å². The Hall–Kier alpha value is -1.61. The highest BCUT2D eigenvalue weighted by Gasteiger charge is 2.38. The predicted octanol–water partition coefficient (Wildman–Crippen LogP) is -0.748. The molecule has 2 heterocycles. The van der Waals surface area contributed by atoms with Crippen LogP contribution in [0.25, 0.3) is 0 Å². The first kappa shape index (κ1) is 13.8. The molecule has 1 saturated heterocycles. The minimum Gasteiger partial charge on any atom is -0.480 e. The van der Waals surface area contributed by atoms with E-state index in [1.807, 2.05) is 0 Å². The number of amides is 1. The van der Waals surface area contributed by atoms with E-state index in [9.17, 15) is 14.7 Å². The lowest BCUT2D eigenvalue weighted by Gasteiger charge is -2.20. The van der Waals surface area contributed by atoms with Gasteiger partial charge in [-0.15, -0.1) is 5.10 Å². The fourth-order valence-corrected chi connectivity index (χ4v) is 2.65. The number of aromatic amines is 1. The molecule has 8 nitrogen and oxygen atoms in total. The number of carbonyl (C=O) groups is 2. The quantitative estimate of drug-likeness (QED) is 0.623. The molecule has 0 radical (unpaired) electrons. The molecule has 19 heavy (non-hydrogen) atoms. The maximum absolute atomic E-state index is 12.0. The van der Waals surface area contributed by atoms with Crippen molar-refractivity contribution < 1.29 is 19.8 Å². The first-order valence-electron chi connectivity index (χ1n) is 5.69. The van der Waals surface area contributed by atoms with E-state index in [4.69, 9.17) is 5.11 Å². The molecule has 1 aliphatic heterocycles. The van der Waals surface area contributed by atoms with Crippen LogP contribution in [-0.2, 0) is 9.59 Å². The smallest absolute Gasteiger partial charge is 0.326 e. The number of aromatic nitrogens is 3. The number of aliphatic hydroxyl groups excluding tert-OH is 1. The van der Waals surface area contributed by atoms with Gasteiger partial charge in [0.05, 0.1) is 11.9 Å². The van der Waals surface area contributed by atoms with Crippen LogP contribution in [0, 0.1) is 6.92 Å². The number of thioether (sulfide) groups is 1. The van der Waals surface area contributed by atoms with Crippen LogP contribution in [-0.4, -0.2) is 66.6 Å². The molecule has 1 fully saturated rings. The Labute approximate surface area is 113 Å². The first-order valence-corrected chi connectivity index (χ1v) is 6.68. The SMILES string of the molecule is Cc1nc(SCC(=O)N2C[C@@H](O)C[C@H]2C(=O)O)n[nH]1. The van der Waals surface area contributed by atoms with Crippen LogP contribution >= 0.6 is 11.8 Å². The molecule has 104 valence electrons. The number of likely N-dealkylation sites (tertiary alicyclic amines) is 1. The number of hydrogen-bond donors (Lipinski definition) is 3. The third kappa shape index (κ3) is 3.24. The van der Waals surface area contributed by atoms with Crippen molar-refractivity contribution in [2.75, 3.05) is 12.3 Å². The molecule has 0 spiro atoms. The van der Waals surface area contributed by atoms with Gasteiger partial charge in [0.2, 0.25) is 11.1 Å². The predicted molar refractivity (Wildman–Crippen MR) is 65.6 cm³/mol. The summed E-state index contributed by atoms with van der Waals surface area (Å²) in [4.78, 5) is 28.2. The zero-order chi connectivity index (χ0) is 14.0. The summed E-state index contributed by atoms with van der Waals surface area (Å²) in [5, 5.41) is 25.4. The average molecular weight is 286 g/mol. The summed E-state index contributed by atoms with van der Waals surface area (Å²) in [6.07, 6.45) is -0.702. The van der Waals surface area contributed by atoms with Crippen LogP contribution in [0.1, 0.15) is 12.2 Å². The lowest BCUT2D eigenvalue weighted by atomic mass is 10.2. The number of β-amino-alcohol motifs (C(OH)–C–C–N with tert-alkyl or cyclic N) is 1. The van der Waals surface area contributed by atoms with Crippen LogP contribution in [0.2, 0.25) is 0 Å². The Bertz CT molecular complexity index is 492. The molecule has 0 saturated carbocycles. The number of nitrogens with zero attached hydrogens (tertiary/aromatic N) is 3. The van der Waals surface area contributed by atoms with Gasteiger partial charge in [-0.2, -0.15) is 0 Å². The van der Waals surface area contributed by atoms with Gasteiger partial charge in [0, 0.05) is 13.0 Å². The number of hydrogen-bond acceptors (Lipinski definition) is 6. The van der Waals surface area contributed by atoms with E-state index in [0.717, 1.165) is 11.8 Å². The number of carbonyl (C=O) groups excluding carboxylic acids is 1. The molecule has 1 aromatic heterocycles. The van der Waals surface area contributed by atoms with E-state index < -0.39 is 18.1 Å². The van der Waals surface area contributed by atoms with Gasteiger partial charge < -0.3 is 15.1 Å². The molecular formula is C10H14N4O4S. The van der Waals surface area contributed by atoms with Gasteiger partial charge >= 0.3 is 5.97 Å². The molecular weight excluding hydrogens is 272 g/mol. The van der Waals surface area contributed by atoms with Gasteiger partial charge in [-0.3, -0.25) is 9.89 Å². The van der Waals surface area contributed by atoms with E-state index >= 15 is 0 Å². The number of H-pyrrole nitrogens is 1. The number of aliphatic carboxylic acids is 1. The van der Waals surface area contributed by atoms with Crippen LogP contribution < -0.4 is 0 Å². The van der Waals surface area contributed by atoms with Gasteiger partial charge in [0.15, 0.2) is 0 Å². The number of carboxylic acids is 1. The number of aliphatic hydroxyl groups is 1. The van der Waals surface area contributed by atoms with Crippen molar-refractivity contribution in [3.63, 3.8) is 0 Å². The lowest BCUT2D eigenvalue weighted by molar-refractivity contribution is -0.147. The molecule has 9 heteroatoms. The second kappa shape index (κ2) is 5.57. The molecule has 0 bridgehead atoms. The van der Waals surface area contributed by atoms with Crippen LogP contribution in [0.15, 0.2) is 5.16 Å². The third-order valence-corrected chi connectivity index (χ3v) is 3.62. The molecule has 3 N–H and O–H groups in total. The minimum absolute atomic E-state index is 0.0494. The summed E-state index contributed by atoms with van der Waals surface area (Å²) >= 11 is 1.13. The van der Waals surface area contributed by atoms with Crippen LogP contribution in [0.4, 0.5) is 0 Å². The largest absolute Gasteiger partial charge is 0.480 e. The average Bonchev–Trinajstić information content (AvgIpc) is 2.92. The molecule has 2 rings (SSSR count). The summed E-state index contributed by atoms with van der Waals surface area (Å²) in [5.41, 5.74) is 0. The molecule has 2 atom stereocenters. The van der Waals surface area contributed by atoms with E-state index in [1.165, 1.54) is 4.90 Å². The summed E-state index contributed by atoms with van der Waals surface area (Å²) in [5.74, 6) is -0.733. The summed E-state index contributed by atoms with van der Waals surface area (Å²) in [7, 11) is 0. The Kier molecular flexibility index (Phi) is 4.05. The summed E-state index contributed by atoms with van der Waals surface area (Å²) in [6, 6.07) is -0.947. The summed E-state index contributed by atoms with van der Waals surface area (Å²) in [6.45, 7) is 1.81. The minimum atomic E-state index is -1.09. The van der Waals surface area contributed by atoms with Crippen molar-refractivity contribution in [1.29, 1.82) is 0 Å². The van der Waals surface area contributed by atoms with Gasteiger partial charge in [0.1, 0.15) is 11.9 Å². The Morgan fingerprint density at radius 1 is 1.58 bits per heavy atom. The zero-order valence-corrected chi connectivity index (χ0v) is 11.1. The highest BCUT2D eigenvalue weighted by atomic mass is 32.2. The van der Waals surface area contributed by atoms with E-state index in [2.05, 4.69) is 15.2 Å². The number of carboxylic acid groups (broad SMARTS) is 1. The molecule has 1 amide bonds. The van der Waals surface area contributed by atoms with Gasteiger partial charge in [0.25, 0.3) is 0 Å². The fourth-order valence-electron chi connectivity index (χ4n) is 1.92. The summed E-state index contributed by atoms with van der Waals surface area (Å²) < 4.78 is 0. The van der Waals surface area contributed by atoms with Gasteiger partial charge in [-0.1, -0.05) is 11.8 Å². The van der Waals surface area contributed by atoms with E-state index in [-0.39, 0.29) is 24.6 Å². The normalized spacial score (nSPS) is 22.7. The van der Waals surface area contributed by atoms with Crippen molar-refractivity contribution in [1.82, 2.24) is 20.1 Å². The van der Waals surface area contributed by atoms with Gasteiger partial charge in [-0.05, 0) is 6.92 Å². The van der Waals surface area contributed by atoms with Crippen molar-refractivity contribution in [2.24, 2.45) is 0 Å². The van der Waals surface area contributed by atoms with Gasteiger partial charge in [-0.25, -0.2) is 9.78 Å². The maximum Gasteiger partial charge on any atom is 0.326 e. The zero-order valence-electron chi connectivity index (χ0n) is 10.2. The molecule has 1 aromatic rings. The second-order valence-electron chi connectivity index (χ2n) is 4.28. The third-order valence-electron chi connectivity index (χ3n) is 2.79. The highest BCUT2D eigenvalue weighted by molar-refractivity contribution is 7.99. The lowest BCUT2D eigenvalue weighted by Crippen LogP contribution is -2.41. The molecule has 1 aliphatic rings. The van der Waals surface area contributed by atoms with Crippen LogP contribution in [0.5, 0.6) is 0 Å². The Morgan fingerprint density at radius 3 is 2.89 bits per heavy atom. The fraction of sp³-hybridized carbons (Fsp3) is 0.600. The Morgan fingerprint density at radius 2 is 2.32 bits per heavy atom. The number of rotatable bonds is 4. The Balaban J connectivity index is 1.93. The van der Waals surface area contributed by atoms with Crippen molar-refractivity contribution in [2.45, 2.75) is 30.6 Å². The number of aryl methyl sites for hydroxylation is 1. The topological polar surface area (TPSA) is 119 Å². The monoisotopic (exact) mass is 286 g/mol. The van der Waals surface area contributed by atoms with E-state index in [0.29, 0.717) is 11.0 Å². The maximum atomic E-state index is 12.0. The van der Waals surface area contributed by atoms with Crippen molar-refractivity contribution in [3.8, 4) is 0 Å². The second-order valence-corrected chi connectivity index (χ2v) is 5.22. The van der Waals surface area contributed by atoms with Crippen molar-refractivity contribution >= 4 is 23.6 Å². The standard InChI is InChI=1S/C10H14N4O4S/c1-5-11-10(13-12-5)19-4-8(16)14-3-6(15)2-7(14)9(17)18/h6-7,15H,2-4H2,1H3,(H,17,18)(H,11,12,13)/t6-,7-/m0/s1. The molecule has 0 aliphatic carbocycles. The van der Waals surface area contributed by atoms with E-state index in [1.54, 1.807) is 6.92 Å². The molecule has 0 aromatic carbocycles.